The van der Waals surface area contributed by atoms with Crippen molar-refractivity contribution in [3.05, 3.63) is 102 Å². The number of halogens is 2. The van der Waals surface area contributed by atoms with Gasteiger partial charge in [-0.15, -0.1) is 24.8 Å². The molecule has 7 heteroatoms. The summed E-state index contributed by atoms with van der Waals surface area (Å²) in [6.07, 6.45) is 8.06. The molecule has 0 bridgehead atoms. The molecule has 4 aromatic rings. The largest absolute Gasteiger partial charge is 0.332 e. The van der Waals surface area contributed by atoms with E-state index in [2.05, 4.69) is 69.2 Å². The van der Waals surface area contributed by atoms with Crippen LogP contribution in [0.3, 0.4) is 0 Å². The number of carbonyl (C=O) groups excluding carboxylic acids is 1. The number of amides is 1. The highest BCUT2D eigenvalue weighted by atomic mass is 35.5. The summed E-state index contributed by atoms with van der Waals surface area (Å²) in [4.78, 5) is 20.8. The number of nitrogens with zero attached hydrogens (tertiary/aromatic N) is 3. The van der Waals surface area contributed by atoms with E-state index >= 15 is 0 Å². The number of carbonyl (C=O) groups is 1. The summed E-state index contributed by atoms with van der Waals surface area (Å²) in [5.74, 6) is 1.14. The first-order valence-corrected chi connectivity index (χ1v) is 12.8. The Morgan fingerprint density at radius 1 is 1.00 bits per heavy atom. The summed E-state index contributed by atoms with van der Waals surface area (Å²) in [5.41, 5.74) is 2.04. The Labute approximate surface area is 232 Å². The zero-order chi connectivity index (χ0) is 24.0. The van der Waals surface area contributed by atoms with Crippen molar-refractivity contribution >= 4 is 41.5 Å². The first kappa shape index (κ1) is 28.7. The van der Waals surface area contributed by atoms with E-state index < -0.39 is 0 Å². The molecule has 0 radical (unpaired) electrons. The van der Waals surface area contributed by atoms with Crippen molar-refractivity contribution in [2.45, 2.75) is 51.2 Å². The molecule has 0 aliphatic carbocycles. The molecule has 1 saturated heterocycles. The van der Waals surface area contributed by atoms with Gasteiger partial charge in [0.05, 0.1) is 6.04 Å². The second kappa shape index (κ2) is 13.6. The molecule has 196 valence electrons. The Kier molecular flexibility index (Phi) is 10.6. The van der Waals surface area contributed by atoms with Gasteiger partial charge in [-0.25, -0.2) is 4.98 Å². The minimum Gasteiger partial charge on any atom is -0.332 e. The van der Waals surface area contributed by atoms with Gasteiger partial charge in [0.1, 0.15) is 5.82 Å². The molecule has 1 aromatic heterocycles. The van der Waals surface area contributed by atoms with Gasteiger partial charge in [0.25, 0.3) is 5.91 Å². The van der Waals surface area contributed by atoms with Gasteiger partial charge in [0, 0.05) is 50.1 Å². The van der Waals surface area contributed by atoms with E-state index in [1.165, 1.54) is 12.0 Å². The van der Waals surface area contributed by atoms with E-state index in [0.29, 0.717) is 6.04 Å². The van der Waals surface area contributed by atoms with Gasteiger partial charge in [-0.05, 0) is 28.8 Å². The molecule has 2 unspecified atom stereocenters. The summed E-state index contributed by atoms with van der Waals surface area (Å²) < 4.78 is 2.21. The quantitative estimate of drug-likeness (QED) is 0.293. The summed E-state index contributed by atoms with van der Waals surface area (Å²) in [6.45, 7) is 4.51. The van der Waals surface area contributed by atoms with Crippen molar-refractivity contribution in [1.29, 1.82) is 0 Å². The number of hydrogen-bond donors (Lipinski definition) is 1. The summed E-state index contributed by atoms with van der Waals surface area (Å²) in [5, 5.41) is 5.85. The molecule has 2 heterocycles. The zero-order valence-corrected chi connectivity index (χ0v) is 22.9. The first-order valence-electron chi connectivity index (χ1n) is 12.8. The topological polar surface area (TPSA) is 50.2 Å². The molecule has 1 amide bonds. The highest BCUT2D eigenvalue weighted by molar-refractivity contribution is 6.07. The molecule has 5 rings (SSSR count). The van der Waals surface area contributed by atoms with Crippen LogP contribution in [0.2, 0.25) is 0 Å². The Balaban J connectivity index is 0.00000190. The van der Waals surface area contributed by atoms with Gasteiger partial charge in [-0.1, -0.05) is 86.5 Å². The van der Waals surface area contributed by atoms with Crippen LogP contribution in [0, 0.1) is 0 Å². The molecular weight excluding hydrogens is 503 g/mol. The van der Waals surface area contributed by atoms with Crippen LogP contribution in [0.1, 0.15) is 47.9 Å². The molecule has 1 N–H and O–H groups in total. The van der Waals surface area contributed by atoms with Crippen LogP contribution in [-0.4, -0.2) is 45.5 Å². The number of rotatable bonds is 8. The lowest BCUT2D eigenvalue weighted by Gasteiger charge is -2.41. The lowest BCUT2D eigenvalue weighted by atomic mass is 9.98. The molecule has 0 spiro atoms. The van der Waals surface area contributed by atoms with E-state index in [1.807, 2.05) is 42.7 Å². The smallest absolute Gasteiger partial charge is 0.254 e. The van der Waals surface area contributed by atoms with E-state index in [-0.39, 0.29) is 36.8 Å². The van der Waals surface area contributed by atoms with Crippen LogP contribution in [0.25, 0.3) is 10.8 Å². The number of aromatic nitrogens is 2. The average Bonchev–Trinajstić information content (AvgIpc) is 3.34. The maximum absolute atomic E-state index is 14.0. The van der Waals surface area contributed by atoms with Gasteiger partial charge < -0.3 is 14.8 Å². The minimum atomic E-state index is 0. The van der Waals surface area contributed by atoms with Crippen molar-refractivity contribution in [2.24, 2.45) is 0 Å². The van der Waals surface area contributed by atoms with E-state index in [0.717, 1.165) is 61.1 Å². The predicted molar refractivity (Wildman–Crippen MR) is 156 cm³/mol. The van der Waals surface area contributed by atoms with Crippen LogP contribution < -0.4 is 5.32 Å². The van der Waals surface area contributed by atoms with Crippen molar-refractivity contribution in [1.82, 2.24) is 19.8 Å². The fraction of sp³-hybridized carbons (Fsp3) is 0.333. The van der Waals surface area contributed by atoms with Gasteiger partial charge in [-0.3, -0.25) is 4.79 Å². The fourth-order valence-corrected chi connectivity index (χ4v) is 5.17. The Hall–Kier alpha value is -2.86. The average molecular weight is 540 g/mol. The van der Waals surface area contributed by atoms with Crippen LogP contribution in [0.4, 0.5) is 0 Å². The van der Waals surface area contributed by atoms with Crippen molar-refractivity contribution in [3.8, 4) is 0 Å². The second-order valence-corrected chi connectivity index (χ2v) is 9.55. The number of unbranched alkanes of at least 4 members (excludes halogenated alkanes) is 1. The standard InChI is InChI=1S/C30H34N4O.2ClH/c1-2-3-14-25-22-34(30(35)28-16-9-13-24-12-7-8-15-27(24)28)26(20-32-25)19-29-31-17-18-33(29)21-23-10-5-4-6-11-23;;/h4-13,15-18,25-26,32H,2-3,14,19-22H2,1H3;2*1H. The molecule has 1 aliphatic heterocycles. The highest BCUT2D eigenvalue weighted by Gasteiger charge is 2.33. The monoisotopic (exact) mass is 538 g/mol. The molecular formula is C30H36Cl2N4O. The lowest BCUT2D eigenvalue weighted by molar-refractivity contribution is 0.0576. The SMILES string of the molecule is CCCCC1CN(C(=O)c2cccc3ccccc23)C(Cc2nccn2Cc2ccccc2)CN1.Cl.Cl. The molecule has 5 nitrogen and oxygen atoms in total. The lowest BCUT2D eigenvalue weighted by Crippen LogP contribution is -2.59. The van der Waals surface area contributed by atoms with Gasteiger partial charge >= 0.3 is 0 Å². The number of imidazole rings is 1. The maximum atomic E-state index is 14.0. The van der Waals surface area contributed by atoms with Gasteiger partial charge in [0.2, 0.25) is 0 Å². The number of hydrogen-bond acceptors (Lipinski definition) is 3. The third kappa shape index (κ3) is 6.72. The number of nitrogens with one attached hydrogen (secondary N) is 1. The number of fused-ring (bicyclic) bond motifs is 1. The summed E-state index contributed by atoms with van der Waals surface area (Å²) >= 11 is 0. The maximum Gasteiger partial charge on any atom is 0.254 e. The molecule has 1 aliphatic rings. The van der Waals surface area contributed by atoms with E-state index in [1.54, 1.807) is 0 Å². The molecule has 0 saturated carbocycles. The van der Waals surface area contributed by atoms with Gasteiger partial charge in [-0.2, -0.15) is 0 Å². The Bertz CT molecular complexity index is 1270. The van der Waals surface area contributed by atoms with Crippen molar-refractivity contribution in [3.63, 3.8) is 0 Å². The summed E-state index contributed by atoms with van der Waals surface area (Å²) in [7, 11) is 0. The highest BCUT2D eigenvalue weighted by Crippen LogP contribution is 2.24. The fourth-order valence-electron chi connectivity index (χ4n) is 5.17. The molecule has 37 heavy (non-hydrogen) atoms. The minimum absolute atomic E-state index is 0. The Morgan fingerprint density at radius 3 is 2.57 bits per heavy atom. The molecule has 3 aromatic carbocycles. The molecule has 1 fully saturated rings. The van der Waals surface area contributed by atoms with E-state index in [9.17, 15) is 4.79 Å². The second-order valence-electron chi connectivity index (χ2n) is 9.55. The zero-order valence-electron chi connectivity index (χ0n) is 21.3. The first-order chi connectivity index (χ1) is 17.2. The van der Waals surface area contributed by atoms with Crippen LogP contribution in [-0.2, 0) is 13.0 Å². The van der Waals surface area contributed by atoms with Crippen LogP contribution in [0.5, 0.6) is 0 Å². The third-order valence-electron chi connectivity index (χ3n) is 7.10. The van der Waals surface area contributed by atoms with Crippen LogP contribution in [0.15, 0.2) is 85.2 Å². The van der Waals surface area contributed by atoms with E-state index in [4.69, 9.17) is 0 Å². The van der Waals surface area contributed by atoms with Crippen LogP contribution >= 0.6 is 24.8 Å². The number of piperazine rings is 1. The predicted octanol–water partition coefficient (Wildman–Crippen LogP) is 6.14. The third-order valence-corrected chi connectivity index (χ3v) is 7.10. The number of benzene rings is 3. The summed E-state index contributed by atoms with van der Waals surface area (Å²) in [6, 6.07) is 25.0. The normalized spacial score (nSPS) is 17.2. The van der Waals surface area contributed by atoms with Crippen molar-refractivity contribution < 1.29 is 4.79 Å². The van der Waals surface area contributed by atoms with Crippen molar-refractivity contribution in [2.75, 3.05) is 13.1 Å². The van der Waals surface area contributed by atoms with Gasteiger partial charge in [0.15, 0.2) is 0 Å². The Morgan fingerprint density at radius 2 is 1.76 bits per heavy atom. The molecule has 2 atom stereocenters.